The molecule has 0 spiro atoms. The molecule has 1 aliphatic rings. The Balaban J connectivity index is 2.33. The van der Waals surface area contributed by atoms with Gasteiger partial charge in [-0.15, -0.1) is 0 Å². The van der Waals surface area contributed by atoms with E-state index in [1.54, 1.807) is 0 Å². The highest BCUT2D eigenvalue weighted by Gasteiger charge is 2.26. The standard InChI is InChI=1S/C12H23NO3/c1-3-12(15,4-2)9-13-11(14)10-7-5-6-8-16-10/h10,15H,3-9H2,1-2H3,(H,13,14). The van der Waals surface area contributed by atoms with Crippen LogP contribution >= 0.6 is 0 Å². The average molecular weight is 229 g/mol. The van der Waals surface area contributed by atoms with E-state index >= 15 is 0 Å². The molecule has 0 aromatic rings. The van der Waals surface area contributed by atoms with Crippen molar-refractivity contribution >= 4 is 5.91 Å². The van der Waals surface area contributed by atoms with E-state index in [-0.39, 0.29) is 12.0 Å². The number of hydrogen-bond acceptors (Lipinski definition) is 3. The van der Waals surface area contributed by atoms with Gasteiger partial charge in [-0.25, -0.2) is 0 Å². The zero-order valence-corrected chi connectivity index (χ0v) is 10.3. The maximum Gasteiger partial charge on any atom is 0.249 e. The Kier molecular flexibility index (Phi) is 5.22. The molecule has 1 atom stereocenters. The largest absolute Gasteiger partial charge is 0.388 e. The van der Waals surface area contributed by atoms with E-state index in [9.17, 15) is 9.90 Å². The number of ether oxygens (including phenoxy) is 1. The highest BCUT2D eigenvalue weighted by molar-refractivity contribution is 5.80. The molecule has 16 heavy (non-hydrogen) atoms. The van der Waals surface area contributed by atoms with Crippen LogP contribution in [0.2, 0.25) is 0 Å². The number of aliphatic hydroxyl groups is 1. The minimum absolute atomic E-state index is 0.0833. The minimum Gasteiger partial charge on any atom is -0.388 e. The maximum atomic E-state index is 11.7. The molecule has 0 radical (unpaired) electrons. The van der Waals surface area contributed by atoms with Crippen LogP contribution in [0.4, 0.5) is 0 Å². The summed E-state index contributed by atoms with van der Waals surface area (Å²) in [4.78, 5) is 11.7. The molecule has 1 amide bonds. The van der Waals surface area contributed by atoms with Gasteiger partial charge in [-0.05, 0) is 32.1 Å². The molecule has 94 valence electrons. The van der Waals surface area contributed by atoms with Gasteiger partial charge in [0, 0.05) is 13.2 Å². The third-order valence-corrected chi connectivity index (χ3v) is 3.38. The summed E-state index contributed by atoms with van der Waals surface area (Å²) in [6.45, 7) is 4.84. The fraction of sp³-hybridized carbons (Fsp3) is 0.917. The van der Waals surface area contributed by atoms with Crippen molar-refractivity contribution in [2.24, 2.45) is 0 Å². The molecule has 1 saturated heterocycles. The molecule has 1 rings (SSSR count). The Labute approximate surface area is 97.4 Å². The number of nitrogens with one attached hydrogen (secondary N) is 1. The average Bonchev–Trinajstić information content (AvgIpc) is 2.36. The molecule has 0 saturated carbocycles. The summed E-state index contributed by atoms with van der Waals surface area (Å²) in [7, 11) is 0. The van der Waals surface area contributed by atoms with Gasteiger partial charge in [0.15, 0.2) is 0 Å². The summed E-state index contributed by atoms with van der Waals surface area (Å²) in [5, 5.41) is 12.8. The van der Waals surface area contributed by atoms with E-state index in [4.69, 9.17) is 4.74 Å². The molecular formula is C12H23NO3. The van der Waals surface area contributed by atoms with Crippen LogP contribution in [0.15, 0.2) is 0 Å². The Hall–Kier alpha value is -0.610. The molecule has 4 nitrogen and oxygen atoms in total. The summed E-state index contributed by atoms with van der Waals surface area (Å²) in [6.07, 6.45) is 3.86. The van der Waals surface area contributed by atoms with Crippen LogP contribution in [0.1, 0.15) is 46.0 Å². The summed E-state index contributed by atoms with van der Waals surface area (Å²) in [6, 6.07) is 0. The van der Waals surface area contributed by atoms with Crippen molar-refractivity contribution in [3.05, 3.63) is 0 Å². The van der Waals surface area contributed by atoms with Crippen LogP contribution in [0.3, 0.4) is 0 Å². The predicted octanol–water partition coefficient (Wildman–Crippen LogP) is 1.22. The first kappa shape index (κ1) is 13.5. The van der Waals surface area contributed by atoms with Crippen LogP contribution in [0, 0.1) is 0 Å². The van der Waals surface area contributed by atoms with E-state index in [0.29, 0.717) is 26.0 Å². The van der Waals surface area contributed by atoms with E-state index in [1.165, 1.54) is 0 Å². The second-order valence-electron chi connectivity index (χ2n) is 4.50. The van der Waals surface area contributed by atoms with Gasteiger partial charge in [-0.2, -0.15) is 0 Å². The lowest BCUT2D eigenvalue weighted by Crippen LogP contribution is -2.46. The SMILES string of the molecule is CCC(O)(CC)CNC(=O)C1CCCCO1. The number of carbonyl (C=O) groups is 1. The molecule has 0 aromatic heterocycles. The van der Waals surface area contributed by atoms with Crippen molar-refractivity contribution in [1.82, 2.24) is 5.32 Å². The number of rotatable bonds is 5. The van der Waals surface area contributed by atoms with Gasteiger partial charge in [-0.1, -0.05) is 13.8 Å². The molecule has 1 fully saturated rings. The third-order valence-electron chi connectivity index (χ3n) is 3.38. The first-order chi connectivity index (χ1) is 7.61. The van der Waals surface area contributed by atoms with Gasteiger partial charge >= 0.3 is 0 Å². The Morgan fingerprint density at radius 3 is 2.62 bits per heavy atom. The molecule has 2 N–H and O–H groups in total. The third kappa shape index (κ3) is 3.76. The van der Waals surface area contributed by atoms with E-state index in [2.05, 4.69) is 5.32 Å². The summed E-state index contributed by atoms with van der Waals surface area (Å²) >= 11 is 0. The van der Waals surface area contributed by atoms with Crippen molar-refractivity contribution in [3.8, 4) is 0 Å². The highest BCUT2D eigenvalue weighted by Crippen LogP contribution is 2.15. The minimum atomic E-state index is -0.773. The van der Waals surface area contributed by atoms with Crippen molar-refractivity contribution in [1.29, 1.82) is 0 Å². The van der Waals surface area contributed by atoms with Gasteiger partial charge in [0.05, 0.1) is 5.60 Å². The number of hydrogen-bond donors (Lipinski definition) is 2. The van der Waals surface area contributed by atoms with Gasteiger partial charge in [0.1, 0.15) is 6.10 Å². The summed E-state index contributed by atoms with van der Waals surface area (Å²) in [5.74, 6) is -0.0833. The fourth-order valence-corrected chi connectivity index (χ4v) is 1.81. The first-order valence-corrected chi connectivity index (χ1v) is 6.23. The van der Waals surface area contributed by atoms with E-state index < -0.39 is 5.60 Å². The van der Waals surface area contributed by atoms with Crippen LogP contribution in [0.25, 0.3) is 0 Å². The number of carbonyl (C=O) groups excluding carboxylic acids is 1. The Morgan fingerprint density at radius 1 is 1.44 bits per heavy atom. The zero-order chi connectivity index (χ0) is 12.0. The summed E-state index contributed by atoms with van der Waals surface area (Å²) in [5.41, 5.74) is -0.773. The van der Waals surface area contributed by atoms with Crippen LogP contribution in [0.5, 0.6) is 0 Å². The molecule has 1 aliphatic heterocycles. The summed E-state index contributed by atoms with van der Waals surface area (Å²) < 4.78 is 5.38. The second kappa shape index (κ2) is 6.21. The molecule has 1 heterocycles. The van der Waals surface area contributed by atoms with Crippen LogP contribution < -0.4 is 5.32 Å². The van der Waals surface area contributed by atoms with Crippen molar-refractivity contribution in [2.45, 2.75) is 57.7 Å². The fourth-order valence-electron chi connectivity index (χ4n) is 1.81. The number of amides is 1. The maximum absolute atomic E-state index is 11.7. The molecule has 0 bridgehead atoms. The molecule has 0 aliphatic carbocycles. The van der Waals surface area contributed by atoms with E-state index in [0.717, 1.165) is 19.3 Å². The normalized spacial score (nSPS) is 21.8. The smallest absolute Gasteiger partial charge is 0.249 e. The quantitative estimate of drug-likeness (QED) is 0.745. The van der Waals surface area contributed by atoms with Gasteiger partial charge in [0.25, 0.3) is 0 Å². The zero-order valence-electron chi connectivity index (χ0n) is 10.3. The van der Waals surface area contributed by atoms with Crippen molar-refractivity contribution in [3.63, 3.8) is 0 Å². The predicted molar refractivity (Wildman–Crippen MR) is 62.1 cm³/mol. The van der Waals surface area contributed by atoms with Crippen LogP contribution in [-0.4, -0.2) is 35.9 Å². The topological polar surface area (TPSA) is 58.6 Å². The monoisotopic (exact) mass is 229 g/mol. The lowest BCUT2D eigenvalue weighted by molar-refractivity contribution is -0.136. The first-order valence-electron chi connectivity index (χ1n) is 6.23. The van der Waals surface area contributed by atoms with Gasteiger partial charge < -0.3 is 15.2 Å². The van der Waals surface area contributed by atoms with Gasteiger partial charge in [0.2, 0.25) is 5.91 Å². The lowest BCUT2D eigenvalue weighted by atomic mass is 9.97. The van der Waals surface area contributed by atoms with Crippen LogP contribution in [-0.2, 0) is 9.53 Å². The highest BCUT2D eigenvalue weighted by atomic mass is 16.5. The molecule has 4 heteroatoms. The molecular weight excluding hydrogens is 206 g/mol. The molecule has 0 aromatic carbocycles. The lowest BCUT2D eigenvalue weighted by Gasteiger charge is -2.27. The molecule has 1 unspecified atom stereocenters. The van der Waals surface area contributed by atoms with Crippen molar-refractivity contribution < 1.29 is 14.6 Å². The second-order valence-corrected chi connectivity index (χ2v) is 4.50. The van der Waals surface area contributed by atoms with E-state index in [1.807, 2.05) is 13.8 Å². The van der Waals surface area contributed by atoms with Crippen molar-refractivity contribution in [2.75, 3.05) is 13.2 Å². The van der Waals surface area contributed by atoms with Gasteiger partial charge in [-0.3, -0.25) is 4.79 Å². The Bertz CT molecular complexity index is 220. The Morgan fingerprint density at radius 2 is 2.12 bits per heavy atom.